The Kier molecular flexibility index (Phi) is 5.95. The van der Waals surface area contributed by atoms with Gasteiger partial charge in [-0.25, -0.2) is 0 Å². The third kappa shape index (κ3) is 4.63. The second-order valence-corrected chi connectivity index (χ2v) is 5.19. The first-order valence-corrected chi connectivity index (χ1v) is 6.80. The molecule has 1 fully saturated rings. The summed E-state index contributed by atoms with van der Waals surface area (Å²) >= 11 is 0. The molecule has 1 saturated heterocycles. The molecule has 1 aliphatic rings. The van der Waals surface area contributed by atoms with Gasteiger partial charge in [-0.15, -0.1) is 0 Å². The predicted molar refractivity (Wildman–Crippen MR) is 71.3 cm³/mol. The van der Waals surface area contributed by atoms with E-state index in [0.717, 1.165) is 11.3 Å². The van der Waals surface area contributed by atoms with Crippen LogP contribution in [0.2, 0.25) is 0 Å². The van der Waals surface area contributed by atoms with Crippen molar-refractivity contribution in [2.24, 2.45) is 5.92 Å². The van der Waals surface area contributed by atoms with Gasteiger partial charge in [-0.2, -0.15) is 0 Å². The molecule has 0 saturated carbocycles. The van der Waals surface area contributed by atoms with Gasteiger partial charge in [0.15, 0.2) is 0 Å². The Morgan fingerprint density at radius 2 is 2.16 bits per heavy atom. The van der Waals surface area contributed by atoms with Crippen molar-refractivity contribution in [1.29, 1.82) is 0 Å². The normalized spacial score (nSPS) is 20.0. The van der Waals surface area contributed by atoms with Crippen molar-refractivity contribution in [3.63, 3.8) is 0 Å². The van der Waals surface area contributed by atoms with Gasteiger partial charge >= 0.3 is 0 Å². The zero-order chi connectivity index (χ0) is 14.4. The molecule has 0 aliphatic carbocycles. The fourth-order valence-corrected chi connectivity index (χ4v) is 1.89. The second-order valence-electron chi connectivity index (χ2n) is 5.19. The van der Waals surface area contributed by atoms with Gasteiger partial charge in [0.25, 0.3) is 0 Å². The smallest absolute Gasteiger partial charge is 0.246 e. The van der Waals surface area contributed by atoms with E-state index in [0.29, 0.717) is 18.9 Å². The van der Waals surface area contributed by atoms with Gasteiger partial charge in [0.2, 0.25) is 17.7 Å². The van der Waals surface area contributed by atoms with Crippen LogP contribution in [0.15, 0.2) is 0 Å². The molecule has 0 spiro atoms. The van der Waals surface area contributed by atoms with Gasteiger partial charge in [0.1, 0.15) is 6.54 Å². The monoisotopic (exact) mass is 269 g/mol. The lowest BCUT2D eigenvalue weighted by Crippen LogP contribution is -2.59. The maximum absolute atomic E-state index is 11.9. The molecule has 0 radical (unpaired) electrons. The summed E-state index contributed by atoms with van der Waals surface area (Å²) < 4.78 is 0. The lowest BCUT2D eigenvalue weighted by molar-refractivity contribution is -0.152. The van der Waals surface area contributed by atoms with E-state index in [1.165, 1.54) is 0 Å². The summed E-state index contributed by atoms with van der Waals surface area (Å²) in [5, 5.41) is 5.59. The summed E-state index contributed by atoms with van der Waals surface area (Å²) in [7, 11) is 0. The Hall–Kier alpha value is -1.43. The molecule has 0 aromatic rings. The minimum atomic E-state index is -0.360. The van der Waals surface area contributed by atoms with Crippen molar-refractivity contribution in [3.05, 3.63) is 0 Å². The van der Waals surface area contributed by atoms with Gasteiger partial charge in [-0.1, -0.05) is 20.8 Å². The van der Waals surface area contributed by atoms with Gasteiger partial charge in [0.05, 0.1) is 12.6 Å². The topological polar surface area (TPSA) is 78.5 Å². The summed E-state index contributed by atoms with van der Waals surface area (Å²) in [6, 6.07) is -0.360. The van der Waals surface area contributed by atoms with E-state index >= 15 is 0 Å². The van der Waals surface area contributed by atoms with Gasteiger partial charge in [-0.05, 0) is 18.8 Å². The highest BCUT2D eigenvalue weighted by Crippen LogP contribution is 2.05. The van der Waals surface area contributed by atoms with Crippen molar-refractivity contribution < 1.29 is 14.4 Å². The molecule has 1 atom stereocenters. The molecule has 1 rings (SSSR count). The van der Waals surface area contributed by atoms with E-state index in [4.69, 9.17) is 0 Å². The number of nitrogens with one attached hydrogen (secondary N) is 2. The van der Waals surface area contributed by atoms with Crippen LogP contribution >= 0.6 is 0 Å². The van der Waals surface area contributed by atoms with Crippen LogP contribution in [-0.4, -0.2) is 48.3 Å². The summed E-state index contributed by atoms with van der Waals surface area (Å²) in [5.41, 5.74) is 0. The van der Waals surface area contributed by atoms with Crippen molar-refractivity contribution >= 4 is 17.7 Å². The molecule has 3 amide bonds. The number of rotatable bonds is 6. The number of hydrogen-bond donors (Lipinski definition) is 2. The van der Waals surface area contributed by atoms with Crippen LogP contribution < -0.4 is 10.6 Å². The fourth-order valence-electron chi connectivity index (χ4n) is 1.89. The van der Waals surface area contributed by atoms with Crippen molar-refractivity contribution in [2.75, 3.05) is 19.6 Å². The zero-order valence-electron chi connectivity index (χ0n) is 11.9. The largest absolute Gasteiger partial charge is 0.355 e. The molecule has 6 nitrogen and oxygen atoms in total. The third-order valence-corrected chi connectivity index (χ3v) is 3.12. The van der Waals surface area contributed by atoms with E-state index in [1.54, 1.807) is 0 Å². The molecule has 6 heteroatoms. The van der Waals surface area contributed by atoms with Crippen molar-refractivity contribution in [1.82, 2.24) is 15.5 Å². The first kappa shape index (κ1) is 15.6. The van der Waals surface area contributed by atoms with Crippen molar-refractivity contribution in [2.45, 2.75) is 39.7 Å². The summed E-state index contributed by atoms with van der Waals surface area (Å²) in [5.74, 6) is -0.419. The number of carbonyl (C=O) groups excluding carboxylic acids is 3. The van der Waals surface area contributed by atoms with Crippen molar-refractivity contribution in [3.8, 4) is 0 Å². The number of carbonyl (C=O) groups is 3. The lowest BCUT2D eigenvalue weighted by Gasteiger charge is -2.30. The number of nitrogens with zero attached hydrogens (tertiary/aromatic N) is 1. The molecule has 0 bridgehead atoms. The van der Waals surface area contributed by atoms with E-state index in [1.807, 2.05) is 6.92 Å². The van der Waals surface area contributed by atoms with Crippen LogP contribution in [0.5, 0.6) is 0 Å². The lowest BCUT2D eigenvalue weighted by atomic mass is 10.1. The Morgan fingerprint density at radius 3 is 2.74 bits per heavy atom. The molecule has 19 heavy (non-hydrogen) atoms. The molecule has 2 N–H and O–H groups in total. The fraction of sp³-hybridized carbons (Fsp3) is 0.769. The Balaban J connectivity index is 2.47. The summed E-state index contributed by atoms with van der Waals surface area (Å²) in [4.78, 5) is 36.3. The summed E-state index contributed by atoms with van der Waals surface area (Å²) in [6.07, 6.45) is 1.49. The molecular weight excluding hydrogens is 246 g/mol. The standard InChI is InChI=1S/C13H23N3O3/c1-4-10-13(19)16(12(18)7-15-10)8-11(17)14-6-5-9(2)3/h9-10,15H,4-8H2,1-3H3,(H,14,17). The Bertz CT molecular complexity index is 355. The van der Waals surface area contributed by atoms with Crippen LogP contribution in [0.1, 0.15) is 33.6 Å². The molecule has 0 aromatic heterocycles. The van der Waals surface area contributed by atoms with Crippen LogP contribution in [0, 0.1) is 5.92 Å². The molecule has 1 unspecified atom stereocenters. The van der Waals surface area contributed by atoms with Crippen LogP contribution in [-0.2, 0) is 14.4 Å². The summed E-state index contributed by atoms with van der Waals surface area (Å²) in [6.45, 7) is 6.52. The predicted octanol–water partition coefficient (Wildman–Crippen LogP) is -0.114. The van der Waals surface area contributed by atoms with E-state index in [2.05, 4.69) is 24.5 Å². The Morgan fingerprint density at radius 1 is 1.47 bits per heavy atom. The van der Waals surface area contributed by atoms with Gasteiger partial charge < -0.3 is 5.32 Å². The van der Waals surface area contributed by atoms with Gasteiger partial charge in [0, 0.05) is 6.54 Å². The van der Waals surface area contributed by atoms with E-state index in [9.17, 15) is 14.4 Å². The van der Waals surface area contributed by atoms with Crippen LogP contribution in [0.3, 0.4) is 0 Å². The average Bonchev–Trinajstić information content (AvgIpc) is 2.34. The third-order valence-electron chi connectivity index (χ3n) is 3.12. The quantitative estimate of drug-likeness (QED) is 0.659. The number of amides is 3. The molecular formula is C13H23N3O3. The van der Waals surface area contributed by atoms with Crippen LogP contribution in [0.25, 0.3) is 0 Å². The molecule has 1 heterocycles. The zero-order valence-corrected chi connectivity index (χ0v) is 11.9. The highest BCUT2D eigenvalue weighted by atomic mass is 16.2. The van der Waals surface area contributed by atoms with E-state index < -0.39 is 0 Å². The minimum absolute atomic E-state index is 0.115. The van der Waals surface area contributed by atoms with Crippen LogP contribution in [0.4, 0.5) is 0 Å². The minimum Gasteiger partial charge on any atom is -0.355 e. The highest BCUT2D eigenvalue weighted by molar-refractivity contribution is 6.03. The molecule has 108 valence electrons. The first-order valence-electron chi connectivity index (χ1n) is 6.80. The molecule has 0 aromatic carbocycles. The molecule has 1 aliphatic heterocycles. The van der Waals surface area contributed by atoms with E-state index in [-0.39, 0.29) is 36.9 Å². The Labute approximate surface area is 113 Å². The number of piperazine rings is 1. The SMILES string of the molecule is CCC1NCC(=O)N(CC(=O)NCCC(C)C)C1=O. The maximum Gasteiger partial charge on any atom is 0.246 e. The maximum atomic E-state index is 11.9. The number of imide groups is 1. The first-order chi connectivity index (χ1) is 8.95. The second kappa shape index (κ2) is 7.23. The number of hydrogen-bond acceptors (Lipinski definition) is 4. The average molecular weight is 269 g/mol. The van der Waals surface area contributed by atoms with Gasteiger partial charge in [-0.3, -0.25) is 24.6 Å². The highest BCUT2D eigenvalue weighted by Gasteiger charge is 2.33.